The van der Waals surface area contributed by atoms with Gasteiger partial charge in [-0.1, -0.05) is 0 Å². The van der Waals surface area contributed by atoms with Crippen molar-refractivity contribution in [2.75, 3.05) is 26.3 Å². The van der Waals surface area contributed by atoms with E-state index in [2.05, 4.69) is 24.1 Å². The van der Waals surface area contributed by atoms with Gasteiger partial charge in [-0.15, -0.1) is 0 Å². The van der Waals surface area contributed by atoms with E-state index in [1.807, 2.05) is 0 Å². The number of nitrogens with zero attached hydrogens (tertiary/aromatic N) is 1. The number of nitrogens with one attached hydrogen (secondary N) is 1. The van der Waals surface area contributed by atoms with Gasteiger partial charge in [-0.3, -0.25) is 0 Å². The van der Waals surface area contributed by atoms with E-state index in [4.69, 9.17) is 4.74 Å². The minimum atomic E-state index is 0.498. The Balaban J connectivity index is 1.70. The first-order valence-electron chi connectivity index (χ1n) is 6.87. The van der Waals surface area contributed by atoms with E-state index in [1.54, 1.807) is 0 Å². The van der Waals surface area contributed by atoms with Gasteiger partial charge in [0.1, 0.15) is 0 Å². The third-order valence-electron chi connectivity index (χ3n) is 3.91. The third kappa shape index (κ3) is 3.19. The van der Waals surface area contributed by atoms with Crippen LogP contribution in [-0.4, -0.2) is 49.3 Å². The Labute approximate surface area is 99.5 Å². The minimum Gasteiger partial charge on any atom is -0.380 e. The summed E-state index contributed by atoms with van der Waals surface area (Å²) in [5.74, 6) is 0. The summed E-state index contributed by atoms with van der Waals surface area (Å²) in [7, 11) is 0. The fraction of sp³-hybridized carbons (Fsp3) is 1.00. The molecule has 0 aliphatic carbocycles. The van der Waals surface area contributed by atoms with Gasteiger partial charge in [0.05, 0.1) is 6.61 Å². The molecule has 94 valence electrons. The molecule has 0 radical (unpaired) electrons. The Morgan fingerprint density at radius 2 is 2.25 bits per heavy atom. The van der Waals surface area contributed by atoms with Crippen molar-refractivity contribution in [3.8, 4) is 0 Å². The largest absolute Gasteiger partial charge is 0.380 e. The van der Waals surface area contributed by atoms with E-state index in [9.17, 15) is 0 Å². The zero-order valence-corrected chi connectivity index (χ0v) is 10.7. The predicted octanol–water partition coefficient (Wildman–Crippen LogP) is 1.63. The normalized spacial score (nSPS) is 32.6. The van der Waals surface area contributed by atoms with Crippen LogP contribution in [0.15, 0.2) is 0 Å². The summed E-state index contributed by atoms with van der Waals surface area (Å²) < 4.78 is 5.45. The fourth-order valence-electron chi connectivity index (χ4n) is 3.12. The summed E-state index contributed by atoms with van der Waals surface area (Å²) in [6.07, 6.45) is 5.48. The summed E-state index contributed by atoms with van der Waals surface area (Å²) >= 11 is 0. The highest BCUT2D eigenvalue weighted by Gasteiger charge is 2.31. The molecule has 0 bridgehead atoms. The Morgan fingerprint density at radius 1 is 1.38 bits per heavy atom. The average Bonchev–Trinajstić information content (AvgIpc) is 2.73. The molecule has 16 heavy (non-hydrogen) atoms. The molecular formula is C13H26N2O. The standard InChI is InChI=1S/C13H26N2O/c1-3-16-10-11(2)14-12-6-8-15-7-4-5-13(15)9-12/h11-14H,3-10H2,1-2H3. The van der Waals surface area contributed by atoms with E-state index < -0.39 is 0 Å². The summed E-state index contributed by atoms with van der Waals surface area (Å²) in [6, 6.07) is 2.08. The van der Waals surface area contributed by atoms with E-state index in [-0.39, 0.29) is 0 Å². The van der Waals surface area contributed by atoms with E-state index in [0.717, 1.165) is 25.3 Å². The summed E-state index contributed by atoms with van der Waals surface area (Å²) in [4.78, 5) is 2.67. The monoisotopic (exact) mass is 226 g/mol. The van der Waals surface area contributed by atoms with Gasteiger partial charge in [0.25, 0.3) is 0 Å². The zero-order chi connectivity index (χ0) is 11.4. The number of hydrogen-bond donors (Lipinski definition) is 1. The van der Waals surface area contributed by atoms with Crippen LogP contribution >= 0.6 is 0 Å². The van der Waals surface area contributed by atoms with E-state index in [0.29, 0.717) is 6.04 Å². The number of piperidine rings is 1. The molecule has 2 saturated heterocycles. The second-order valence-electron chi connectivity index (χ2n) is 5.28. The number of rotatable bonds is 5. The van der Waals surface area contributed by atoms with Crippen LogP contribution < -0.4 is 5.32 Å². The van der Waals surface area contributed by atoms with Crippen molar-refractivity contribution >= 4 is 0 Å². The molecular weight excluding hydrogens is 200 g/mol. The predicted molar refractivity (Wildman–Crippen MR) is 66.7 cm³/mol. The van der Waals surface area contributed by atoms with Crippen LogP contribution in [0.3, 0.4) is 0 Å². The summed E-state index contributed by atoms with van der Waals surface area (Å²) in [5.41, 5.74) is 0. The first-order valence-corrected chi connectivity index (χ1v) is 6.87. The lowest BCUT2D eigenvalue weighted by molar-refractivity contribution is 0.109. The molecule has 2 rings (SSSR count). The SMILES string of the molecule is CCOCC(C)NC1CCN2CCCC2C1. The molecule has 3 nitrogen and oxygen atoms in total. The number of hydrogen-bond acceptors (Lipinski definition) is 3. The highest BCUT2D eigenvalue weighted by atomic mass is 16.5. The Hall–Kier alpha value is -0.120. The van der Waals surface area contributed by atoms with Gasteiger partial charge in [-0.2, -0.15) is 0 Å². The quantitative estimate of drug-likeness (QED) is 0.771. The second kappa shape index (κ2) is 5.99. The van der Waals surface area contributed by atoms with Crippen molar-refractivity contribution in [2.45, 2.75) is 57.7 Å². The average molecular weight is 226 g/mol. The summed E-state index contributed by atoms with van der Waals surface area (Å²) in [5, 5.41) is 3.71. The van der Waals surface area contributed by atoms with Gasteiger partial charge in [0.15, 0.2) is 0 Å². The topological polar surface area (TPSA) is 24.5 Å². The second-order valence-corrected chi connectivity index (χ2v) is 5.28. The Morgan fingerprint density at radius 3 is 3.06 bits per heavy atom. The number of fused-ring (bicyclic) bond motifs is 1. The minimum absolute atomic E-state index is 0.498. The number of ether oxygens (including phenoxy) is 1. The zero-order valence-electron chi connectivity index (χ0n) is 10.7. The third-order valence-corrected chi connectivity index (χ3v) is 3.91. The van der Waals surface area contributed by atoms with Gasteiger partial charge >= 0.3 is 0 Å². The molecule has 0 saturated carbocycles. The van der Waals surface area contributed by atoms with Gasteiger partial charge in [-0.05, 0) is 52.6 Å². The summed E-state index contributed by atoms with van der Waals surface area (Å²) in [6.45, 7) is 8.60. The van der Waals surface area contributed by atoms with Crippen LogP contribution in [0.2, 0.25) is 0 Å². The molecule has 0 amide bonds. The molecule has 3 heteroatoms. The van der Waals surface area contributed by atoms with Crippen LogP contribution in [0, 0.1) is 0 Å². The van der Waals surface area contributed by atoms with Crippen molar-refractivity contribution in [3.05, 3.63) is 0 Å². The maximum atomic E-state index is 5.45. The molecule has 0 aromatic carbocycles. The van der Waals surface area contributed by atoms with Crippen LogP contribution in [0.4, 0.5) is 0 Å². The highest BCUT2D eigenvalue weighted by molar-refractivity contribution is 4.89. The molecule has 3 atom stereocenters. The molecule has 2 aliphatic rings. The Bertz CT molecular complexity index is 210. The Kier molecular flexibility index (Phi) is 4.62. The van der Waals surface area contributed by atoms with Gasteiger partial charge < -0.3 is 15.0 Å². The maximum absolute atomic E-state index is 5.45. The molecule has 3 unspecified atom stereocenters. The molecule has 2 fully saturated rings. The lowest BCUT2D eigenvalue weighted by atomic mass is 9.97. The van der Waals surface area contributed by atoms with Crippen molar-refractivity contribution in [3.63, 3.8) is 0 Å². The molecule has 2 aliphatic heterocycles. The van der Waals surface area contributed by atoms with Crippen LogP contribution in [0.1, 0.15) is 39.5 Å². The highest BCUT2D eigenvalue weighted by Crippen LogP contribution is 2.26. The maximum Gasteiger partial charge on any atom is 0.0616 e. The smallest absolute Gasteiger partial charge is 0.0616 e. The van der Waals surface area contributed by atoms with Crippen molar-refractivity contribution in [1.82, 2.24) is 10.2 Å². The van der Waals surface area contributed by atoms with Crippen molar-refractivity contribution in [1.29, 1.82) is 0 Å². The molecule has 0 spiro atoms. The van der Waals surface area contributed by atoms with Gasteiger partial charge in [0, 0.05) is 24.7 Å². The lowest BCUT2D eigenvalue weighted by Gasteiger charge is -2.36. The van der Waals surface area contributed by atoms with E-state index >= 15 is 0 Å². The van der Waals surface area contributed by atoms with Gasteiger partial charge in [-0.25, -0.2) is 0 Å². The van der Waals surface area contributed by atoms with Crippen molar-refractivity contribution < 1.29 is 4.74 Å². The fourth-order valence-corrected chi connectivity index (χ4v) is 3.12. The molecule has 1 N–H and O–H groups in total. The molecule has 2 heterocycles. The van der Waals surface area contributed by atoms with Crippen LogP contribution in [0.25, 0.3) is 0 Å². The van der Waals surface area contributed by atoms with Gasteiger partial charge in [0.2, 0.25) is 0 Å². The van der Waals surface area contributed by atoms with Crippen molar-refractivity contribution in [2.24, 2.45) is 0 Å². The molecule has 0 aromatic rings. The lowest BCUT2D eigenvalue weighted by Crippen LogP contribution is -2.48. The van der Waals surface area contributed by atoms with E-state index in [1.165, 1.54) is 38.8 Å². The first-order chi connectivity index (χ1) is 7.79. The molecule has 0 aromatic heterocycles. The van der Waals surface area contributed by atoms with Crippen LogP contribution in [0.5, 0.6) is 0 Å². The first kappa shape index (κ1) is 12.3. The van der Waals surface area contributed by atoms with Crippen LogP contribution in [-0.2, 0) is 4.74 Å².